The summed E-state index contributed by atoms with van der Waals surface area (Å²) in [5.74, 6) is -1.18. The van der Waals surface area contributed by atoms with Crippen LogP contribution in [0.4, 0.5) is 5.69 Å². The molecule has 0 bridgehead atoms. The fraction of sp³-hybridized carbons (Fsp3) is 0.538. The van der Waals surface area contributed by atoms with Gasteiger partial charge in [-0.05, 0) is 50.8 Å². The molecule has 0 spiro atoms. The third-order valence-electron chi connectivity index (χ3n) is 7.08. The standard InChI is InChI=1S/C26H34N4O4/c1-17-12-13-18(2)21(14-17)30-23(31)22-15-20(24(32)34-4)28-29(22)16-26(30,3)25(33)27-19-10-8-6-5-7-9-11-19/h12-15,19H,5-11,16H2,1-4H3,(H,27,33). The Bertz CT molecular complexity index is 1100. The Kier molecular flexibility index (Phi) is 6.77. The zero-order chi connectivity index (χ0) is 24.5. The summed E-state index contributed by atoms with van der Waals surface area (Å²) in [6, 6.07) is 7.40. The van der Waals surface area contributed by atoms with E-state index in [1.807, 2.05) is 32.0 Å². The molecule has 4 rings (SSSR count). The number of carbonyl (C=O) groups excluding carboxylic acids is 3. The summed E-state index contributed by atoms with van der Waals surface area (Å²) in [6.45, 7) is 5.81. The molecule has 1 unspecified atom stereocenters. The lowest BCUT2D eigenvalue weighted by Gasteiger charge is -2.44. The summed E-state index contributed by atoms with van der Waals surface area (Å²) in [4.78, 5) is 41.4. The van der Waals surface area contributed by atoms with Crippen LogP contribution in [0.5, 0.6) is 0 Å². The second-order valence-corrected chi connectivity index (χ2v) is 9.78. The minimum absolute atomic E-state index is 0.0523. The number of nitrogens with zero attached hydrogens (tertiary/aromatic N) is 3. The summed E-state index contributed by atoms with van der Waals surface area (Å²) in [7, 11) is 1.28. The van der Waals surface area contributed by atoms with Gasteiger partial charge in [0.25, 0.3) is 5.91 Å². The number of hydrogen-bond acceptors (Lipinski definition) is 5. The van der Waals surface area contributed by atoms with Crippen LogP contribution in [0.2, 0.25) is 0 Å². The third kappa shape index (κ3) is 4.45. The van der Waals surface area contributed by atoms with Gasteiger partial charge in [-0.1, -0.05) is 44.2 Å². The number of aromatic nitrogens is 2. The van der Waals surface area contributed by atoms with Gasteiger partial charge < -0.3 is 10.1 Å². The van der Waals surface area contributed by atoms with Gasteiger partial charge in [-0.3, -0.25) is 19.2 Å². The van der Waals surface area contributed by atoms with Gasteiger partial charge in [0.15, 0.2) is 5.69 Å². The van der Waals surface area contributed by atoms with Crippen LogP contribution in [-0.4, -0.2) is 46.3 Å². The minimum atomic E-state index is -1.22. The molecular formula is C26H34N4O4. The molecule has 2 heterocycles. The zero-order valence-electron chi connectivity index (χ0n) is 20.5. The topological polar surface area (TPSA) is 93.5 Å². The first-order chi connectivity index (χ1) is 16.2. The second-order valence-electron chi connectivity index (χ2n) is 9.78. The molecule has 1 aromatic heterocycles. The molecule has 2 aliphatic rings. The highest BCUT2D eigenvalue weighted by molar-refractivity contribution is 6.12. The molecule has 1 fully saturated rings. The van der Waals surface area contributed by atoms with E-state index in [-0.39, 0.29) is 35.8 Å². The van der Waals surface area contributed by atoms with Gasteiger partial charge in [-0.15, -0.1) is 0 Å². The largest absolute Gasteiger partial charge is 0.464 e. The van der Waals surface area contributed by atoms with Crippen LogP contribution in [-0.2, 0) is 16.1 Å². The average molecular weight is 467 g/mol. The van der Waals surface area contributed by atoms with Crippen LogP contribution in [0.15, 0.2) is 24.3 Å². The van der Waals surface area contributed by atoms with Crippen molar-refractivity contribution in [3.05, 3.63) is 46.8 Å². The van der Waals surface area contributed by atoms with Gasteiger partial charge >= 0.3 is 5.97 Å². The smallest absolute Gasteiger partial charge is 0.358 e. The highest BCUT2D eigenvalue weighted by atomic mass is 16.5. The Balaban J connectivity index is 1.76. The Morgan fingerprint density at radius 3 is 2.44 bits per heavy atom. The van der Waals surface area contributed by atoms with Crippen molar-refractivity contribution in [3.63, 3.8) is 0 Å². The molecular weight excluding hydrogens is 432 g/mol. The van der Waals surface area contributed by atoms with Gasteiger partial charge in [0.2, 0.25) is 5.91 Å². The predicted octanol–water partition coefficient (Wildman–Crippen LogP) is 3.93. The lowest BCUT2D eigenvalue weighted by atomic mass is 9.91. The van der Waals surface area contributed by atoms with E-state index in [1.54, 1.807) is 11.8 Å². The van der Waals surface area contributed by atoms with Gasteiger partial charge in [0.05, 0.1) is 13.7 Å². The van der Waals surface area contributed by atoms with Gasteiger partial charge in [0.1, 0.15) is 11.2 Å². The van der Waals surface area contributed by atoms with Crippen LogP contribution in [0.1, 0.15) is 84.0 Å². The average Bonchev–Trinajstić information content (AvgIpc) is 3.21. The molecule has 1 aromatic carbocycles. The maximum absolute atomic E-state index is 13.9. The van der Waals surface area contributed by atoms with Gasteiger partial charge in [-0.25, -0.2) is 4.79 Å². The van der Waals surface area contributed by atoms with Crippen LogP contribution >= 0.6 is 0 Å². The molecule has 1 N–H and O–H groups in total. The SMILES string of the molecule is COC(=O)c1cc2n(n1)CC(C)(C(=O)NC1CCCCCCC1)N(c1cc(C)ccc1C)C2=O. The number of aryl methyl sites for hydroxylation is 2. The van der Waals surface area contributed by atoms with Crippen molar-refractivity contribution in [2.75, 3.05) is 12.0 Å². The molecule has 1 aliphatic carbocycles. The van der Waals surface area contributed by atoms with E-state index in [0.29, 0.717) is 5.69 Å². The van der Waals surface area contributed by atoms with Crippen LogP contribution in [0, 0.1) is 13.8 Å². The first kappa shape index (κ1) is 24.0. The maximum atomic E-state index is 13.9. The van der Waals surface area contributed by atoms with E-state index >= 15 is 0 Å². The molecule has 0 radical (unpaired) electrons. The Morgan fingerprint density at radius 2 is 1.76 bits per heavy atom. The molecule has 8 nitrogen and oxygen atoms in total. The Morgan fingerprint density at radius 1 is 1.09 bits per heavy atom. The molecule has 2 amide bonds. The highest BCUT2D eigenvalue weighted by Crippen LogP contribution is 2.35. The van der Waals surface area contributed by atoms with Crippen molar-refractivity contribution in [2.45, 2.75) is 83.8 Å². The summed E-state index contributed by atoms with van der Waals surface area (Å²) in [5.41, 5.74) is 1.67. The molecule has 34 heavy (non-hydrogen) atoms. The van der Waals surface area contributed by atoms with Gasteiger partial charge in [-0.2, -0.15) is 5.10 Å². The summed E-state index contributed by atoms with van der Waals surface area (Å²) >= 11 is 0. The number of anilines is 1. The molecule has 1 aliphatic heterocycles. The van der Waals surface area contributed by atoms with Gasteiger partial charge in [0, 0.05) is 17.8 Å². The van der Waals surface area contributed by atoms with E-state index in [9.17, 15) is 14.4 Å². The summed E-state index contributed by atoms with van der Waals surface area (Å²) in [5, 5.41) is 7.56. The summed E-state index contributed by atoms with van der Waals surface area (Å²) in [6.07, 6.45) is 7.68. The van der Waals surface area contributed by atoms with Crippen molar-refractivity contribution >= 4 is 23.5 Å². The van der Waals surface area contributed by atoms with Crippen molar-refractivity contribution in [3.8, 4) is 0 Å². The lowest BCUT2D eigenvalue weighted by Crippen LogP contribution is -2.65. The molecule has 1 atom stereocenters. The number of benzene rings is 1. The van der Waals surface area contributed by atoms with Crippen molar-refractivity contribution in [2.24, 2.45) is 0 Å². The number of rotatable bonds is 4. The van der Waals surface area contributed by atoms with E-state index in [2.05, 4.69) is 10.4 Å². The van der Waals surface area contributed by atoms with E-state index in [4.69, 9.17) is 4.74 Å². The molecule has 8 heteroatoms. The van der Waals surface area contributed by atoms with E-state index < -0.39 is 11.5 Å². The van der Waals surface area contributed by atoms with Crippen molar-refractivity contribution < 1.29 is 19.1 Å². The normalized spacial score (nSPS) is 21.4. The Hall–Kier alpha value is -3.16. The number of amides is 2. The van der Waals surface area contributed by atoms with Crippen molar-refractivity contribution in [1.29, 1.82) is 0 Å². The zero-order valence-corrected chi connectivity index (χ0v) is 20.5. The fourth-order valence-electron chi connectivity index (χ4n) is 5.07. The number of carbonyl (C=O) groups is 3. The molecule has 2 aromatic rings. The number of nitrogens with one attached hydrogen (secondary N) is 1. The first-order valence-corrected chi connectivity index (χ1v) is 12.1. The monoisotopic (exact) mass is 466 g/mol. The number of fused-ring (bicyclic) bond motifs is 1. The lowest BCUT2D eigenvalue weighted by molar-refractivity contribution is -0.127. The second kappa shape index (κ2) is 9.60. The highest BCUT2D eigenvalue weighted by Gasteiger charge is 2.50. The number of hydrogen-bond donors (Lipinski definition) is 1. The first-order valence-electron chi connectivity index (χ1n) is 12.1. The van der Waals surface area contributed by atoms with Crippen LogP contribution in [0.25, 0.3) is 0 Å². The van der Waals surface area contributed by atoms with Crippen LogP contribution < -0.4 is 10.2 Å². The van der Waals surface area contributed by atoms with E-state index in [0.717, 1.165) is 36.8 Å². The third-order valence-corrected chi connectivity index (χ3v) is 7.08. The Labute approximate surface area is 200 Å². The maximum Gasteiger partial charge on any atom is 0.358 e. The van der Waals surface area contributed by atoms with E-state index in [1.165, 1.54) is 37.1 Å². The fourth-order valence-corrected chi connectivity index (χ4v) is 5.07. The molecule has 0 saturated heterocycles. The quantitative estimate of drug-likeness (QED) is 0.689. The minimum Gasteiger partial charge on any atom is -0.464 e. The molecule has 1 saturated carbocycles. The number of methoxy groups -OCH3 is 1. The predicted molar refractivity (Wildman–Crippen MR) is 129 cm³/mol. The van der Waals surface area contributed by atoms with Crippen molar-refractivity contribution in [1.82, 2.24) is 15.1 Å². The summed E-state index contributed by atoms with van der Waals surface area (Å²) < 4.78 is 6.26. The van der Waals surface area contributed by atoms with Crippen LogP contribution in [0.3, 0.4) is 0 Å². The molecule has 182 valence electrons. The number of ether oxygens (including phenoxy) is 1. The number of esters is 1.